The molecular formula is C32H46O. The van der Waals surface area contributed by atoms with Gasteiger partial charge in [-0.15, -0.1) is 13.2 Å². The lowest BCUT2D eigenvalue weighted by atomic mass is 9.77. The molecule has 0 fully saturated rings. The SMILES string of the molecule is C=CCC1=C(C)CC[C@@H](C(=C)C)CC1(C=C)OC1(C=C)C[C@H](C(=C)C)CCC(C)=C1CC=C. The highest BCUT2D eigenvalue weighted by Crippen LogP contribution is 2.50. The van der Waals surface area contributed by atoms with Crippen LogP contribution in [0, 0.1) is 11.8 Å². The molecule has 0 aromatic heterocycles. The molecule has 33 heavy (non-hydrogen) atoms. The number of hydrogen-bond donors (Lipinski definition) is 0. The van der Waals surface area contributed by atoms with Gasteiger partial charge in [0, 0.05) is 0 Å². The van der Waals surface area contributed by atoms with Gasteiger partial charge in [0.05, 0.1) is 0 Å². The molecule has 0 amide bonds. The Bertz CT molecular complexity index is 806. The summed E-state index contributed by atoms with van der Waals surface area (Å²) in [5.74, 6) is 0.746. The second-order valence-electron chi connectivity index (χ2n) is 10.4. The number of ether oxygens (including phenoxy) is 1. The van der Waals surface area contributed by atoms with Crippen LogP contribution in [-0.4, -0.2) is 11.2 Å². The minimum absolute atomic E-state index is 0.373. The largest absolute Gasteiger partial charge is 0.352 e. The molecule has 1 nitrogen and oxygen atoms in total. The molecule has 2 rings (SSSR count). The lowest BCUT2D eigenvalue weighted by molar-refractivity contribution is -0.0861. The first kappa shape index (κ1) is 27.1. The number of allylic oxidation sites excluding steroid dienone is 6. The van der Waals surface area contributed by atoms with Crippen LogP contribution in [0.1, 0.15) is 79.1 Å². The third-order valence-corrected chi connectivity index (χ3v) is 8.00. The van der Waals surface area contributed by atoms with E-state index >= 15 is 0 Å². The molecule has 4 atom stereocenters. The molecule has 0 heterocycles. The summed E-state index contributed by atoms with van der Waals surface area (Å²) >= 11 is 0. The predicted octanol–water partition coefficient (Wildman–Crippen LogP) is 9.39. The summed E-state index contributed by atoms with van der Waals surface area (Å²) in [5.41, 5.74) is 6.57. The Balaban J connectivity index is 2.77. The van der Waals surface area contributed by atoms with Gasteiger partial charge in [0.1, 0.15) is 11.2 Å². The highest BCUT2D eigenvalue weighted by Gasteiger charge is 2.47. The maximum atomic E-state index is 7.47. The molecule has 0 aliphatic heterocycles. The monoisotopic (exact) mass is 446 g/mol. The normalized spacial score (nSPS) is 30.8. The van der Waals surface area contributed by atoms with E-state index < -0.39 is 11.2 Å². The number of hydrogen-bond acceptors (Lipinski definition) is 1. The molecule has 0 saturated carbocycles. The fraction of sp³-hybridized carbons (Fsp3) is 0.500. The zero-order valence-electron chi connectivity index (χ0n) is 21.8. The standard InChI is InChI=1S/C32H46O/c1-11-15-29-25(9)17-19-27(23(5)6)21-31(29,13-3)33-32(14-4)22-28(24(7)8)20-18-26(10)30(32)16-12-2/h11-14,27-28H,1-5,7,15-22H2,6,8-10H3/t27-,28-,31?,32?/m1/s1. The molecule has 1 heteroatoms. The highest BCUT2D eigenvalue weighted by molar-refractivity contribution is 5.39. The van der Waals surface area contributed by atoms with Crippen molar-refractivity contribution in [1.29, 1.82) is 0 Å². The van der Waals surface area contributed by atoms with Crippen LogP contribution in [0.3, 0.4) is 0 Å². The zero-order chi connectivity index (χ0) is 24.8. The van der Waals surface area contributed by atoms with Crippen molar-refractivity contribution in [2.24, 2.45) is 11.8 Å². The van der Waals surface area contributed by atoms with Crippen LogP contribution in [0.5, 0.6) is 0 Å². The molecule has 0 aromatic rings. The molecule has 2 unspecified atom stereocenters. The van der Waals surface area contributed by atoms with E-state index in [4.69, 9.17) is 4.74 Å². The molecule has 180 valence electrons. The smallest absolute Gasteiger partial charge is 0.110 e. The van der Waals surface area contributed by atoms with Gasteiger partial charge in [-0.25, -0.2) is 0 Å². The first-order valence-electron chi connectivity index (χ1n) is 12.5. The zero-order valence-corrected chi connectivity index (χ0v) is 21.8. The van der Waals surface area contributed by atoms with Gasteiger partial charge in [-0.05, 0) is 102 Å². The van der Waals surface area contributed by atoms with Crippen LogP contribution < -0.4 is 0 Å². The van der Waals surface area contributed by atoms with E-state index in [9.17, 15) is 0 Å². The van der Waals surface area contributed by atoms with E-state index in [0.29, 0.717) is 11.8 Å². The summed E-state index contributed by atoms with van der Waals surface area (Å²) in [5, 5.41) is 0. The Kier molecular flexibility index (Phi) is 9.32. The van der Waals surface area contributed by atoms with Crippen molar-refractivity contribution in [3.63, 3.8) is 0 Å². The van der Waals surface area contributed by atoms with Gasteiger partial charge in [0.25, 0.3) is 0 Å². The van der Waals surface area contributed by atoms with Crippen molar-refractivity contribution in [3.05, 3.63) is 97.2 Å². The van der Waals surface area contributed by atoms with E-state index in [1.807, 2.05) is 24.3 Å². The van der Waals surface area contributed by atoms with E-state index in [1.165, 1.54) is 33.4 Å². The van der Waals surface area contributed by atoms with Gasteiger partial charge < -0.3 is 4.74 Å². The molecule has 0 bridgehead atoms. The molecule has 2 aliphatic carbocycles. The van der Waals surface area contributed by atoms with Crippen LogP contribution >= 0.6 is 0 Å². The quantitative estimate of drug-likeness (QED) is 0.304. The van der Waals surface area contributed by atoms with Crippen LogP contribution in [0.25, 0.3) is 0 Å². The Labute approximate surface area is 204 Å². The van der Waals surface area contributed by atoms with Gasteiger partial charge in [0.15, 0.2) is 0 Å². The summed E-state index contributed by atoms with van der Waals surface area (Å²) in [6.07, 6.45) is 15.6. The van der Waals surface area contributed by atoms with Crippen molar-refractivity contribution in [2.75, 3.05) is 0 Å². The van der Waals surface area contributed by atoms with Gasteiger partial charge in [-0.2, -0.15) is 0 Å². The van der Waals surface area contributed by atoms with Crippen molar-refractivity contribution >= 4 is 0 Å². The first-order valence-corrected chi connectivity index (χ1v) is 12.5. The number of rotatable bonds is 10. The van der Waals surface area contributed by atoms with Crippen LogP contribution in [0.2, 0.25) is 0 Å². The minimum Gasteiger partial charge on any atom is -0.352 e. The maximum absolute atomic E-state index is 7.47. The fourth-order valence-electron chi connectivity index (χ4n) is 5.84. The second kappa shape index (κ2) is 11.3. The van der Waals surface area contributed by atoms with Gasteiger partial charge in [-0.3, -0.25) is 0 Å². The Morgan fingerprint density at radius 3 is 1.42 bits per heavy atom. The predicted molar refractivity (Wildman–Crippen MR) is 146 cm³/mol. The summed E-state index contributed by atoms with van der Waals surface area (Å²) in [6.45, 7) is 34.3. The van der Waals surface area contributed by atoms with E-state index in [-0.39, 0.29) is 0 Å². The summed E-state index contributed by atoms with van der Waals surface area (Å²) in [6, 6.07) is 0. The molecular weight excluding hydrogens is 400 g/mol. The fourth-order valence-corrected chi connectivity index (χ4v) is 5.84. The van der Waals surface area contributed by atoms with Gasteiger partial charge in [0.2, 0.25) is 0 Å². The van der Waals surface area contributed by atoms with Crippen molar-refractivity contribution < 1.29 is 4.74 Å². The van der Waals surface area contributed by atoms with E-state index in [0.717, 1.165) is 51.4 Å². The summed E-state index contributed by atoms with van der Waals surface area (Å²) in [7, 11) is 0. The molecule has 0 spiro atoms. The van der Waals surface area contributed by atoms with Crippen LogP contribution in [0.15, 0.2) is 97.2 Å². The second-order valence-corrected chi connectivity index (χ2v) is 10.4. The van der Waals surface area contributed by atoms with E-state index in [2.05, 4.69) is 67.2 Å². The highest BCUT2D eigenvalue weighted by atomic mass is 16.5. The van der Waals surface area contributed by atoms with Gasteiger partial charge >= 0.3 is 0 Å². The van der Waals surface area contributed by atoms with E-state index in [1.54, 1.807) is 0 Å². The van der Waals surface area contributed by atoms with Crippen LogP contribution in [-0.2, 0) is 4.74 Å². The van der Waals surface area contributed by atoms with Crippen molar-refractivity contribution in [3.8, 4) is 0 Å². The third-order valence-electron chi connectivity index (χ3n) is 8.00. The molecule has 2 aliphatic rings. The lowest BCUT2D eigenvalue weighted by Gasteiger charge is -2.46. The maximum Gasteiger partial charge on any atom is 0.110 e. The third kappa shape index (κ3) is 5.69. The summed E-state index contributed by atoms with van der Waals surface area (Å²) < 4.78 is 7.47. The Hall–Kier alpha value is -2.12. The van der Waals surface area contributed by atoms with Crippen LogP contribution in [0.4, 0.5) is 0 Å². The molecule has 0 aromatic carbocycles. The molecule has 0 radical (unpaired) electrons. The molecule has 0 N–H and O–H groups in total. The Morgan fingerprint density at radius 2 is 1.15 bits per heavy atom. The van der Waals surface area contributed by atoms with Crippen molar-refractivity contribution in [1.82, 2.24) is 0 Å². The minimum atomic E-state index is -0.608. The topological polar surface area (TPSA) is 9.23 Å². The average Bonchev–Trinajstić information content (AvgIpc) is 3.00. The first-order chi connectivity index (χ1) is 15.6. The summed E-state index contributed by atoms with van der Waals surface area (Å²) in [4.78, 5) is 0. The Morgan fingerprint density at radius 1 is 0.788 bits per heavy atom. The lowest BCUT2D eigenvalue weighted by Crippen LogP contribution is -2.47. The van der Waals surface area contributed by atoms with Crippen molar-refractivity contribution in [2.45, 2.75) is 90.3 Å². The van der Waals surface area contributed by atoms with Gasteiger partial charge in [-0.1, -0.05) is 72.9 Å². The molecule has 0 saturated heterocycles. The average molecular weight is 447 g/mol.